The van der Waals surface area contributed by atoms with E-state index in [1.807, 2.05) is 6.92 Å². The van der Waals surface area contributed by atoms with Crippen LogP contribution in [0.2, 0.25) is 0 Å². The predicted molar refractivity (Wildman–Crippen MR) is 122 cm³/mol. The Bertz CT molecular complexity index is 833. The average Bonchev–Trinajstić information content (AvgIpc) is 3.32. The maximum Gasteiger partial charge on any atom is 0.252 e. The standard InChI is InChI=1S/C23H32N6O/c1-3-25-23(27-13-12-26-22(30)20-9-7-11-24-17-20)28-18(2)19-8-6-10-21(16-19)29-14-4-5-15-29/h6-11,16-18H,3-5,12-15H2,1-2H3,(H,26,30)(H2,25,27,28). The van der Waals surface area contributed by atoms with Gasteiger partial charge in [0.2, 0.25) is 0 Å². The second-order valence-corrected chi connectivity index (χ2v) is 7.41. The summed E-state index contributed by atoms with van der Waals surface area (Å²) in [7, 11) is 0. The van der Waals surface area contributed by atoms with E-state index in [9.17, 15) is 4.79 Å². The van der Waals surface area contributed by atoms with Gasteiger partial charge in [-0.2, -0.15) is 0 Å². The van der Waals surface area contributed by atoms with Crippen molar-refractivity contribution in [2.75, 3.05) is 37.6 Å². The maximum atomic E-state index is 12.1. The van der Waals surface area contributed by atoms with Crippen LogP contribution in [0.3, 0.4) is 0 Å². The third-order valence-corrected chi connectivity index (χ3v) is 5.13. The summed E-state index contributed by atoms with van der Waals surface area (Å²) in [6.45, 7) is 8.18. The van der Waals surface area contributed by atoms with Crippen LogP contribution in [-0.2, 0) is 0 Å². The minimum Gasteiger partial charge on any atom is -0.372 e. The summed E-state index contributed by atoms with van der Waals surface area (Å²) in [6, 6.07) is 12.3. The van der Waals surface area contributed by atoms with Gasteiger partial charge in [0, 0.05) is 44.3 Å². The second kappa shape index (κ2) is 11.2. The van der Waals surface area contributed by atoms with Crippen LogP contribution in [0.4, 0.5) is 5.69 Å². The molecule has 1 unspecified atom stereocenters. The van der Waals surface area contributed by atoms with Crippen LogP contribution < -0.4 is 20.9 Å². The van der Waals surface area contributed by atoms with Crippen molar-refractivity contribution >= 4 is 17.6 Å². The van der Waals surface area contributed by atoms with Gasteiger partial charge in [-0.1, -0.05) is 12.1 Å². The van der Waals surface area contributed by atoms with Crippen molar-refractivity contribution in [3.05, 3.63) is 59.9 Å². The van der Waals surface area contributed by atoms with E-state index in [1.54, 1.807) is 24.5 Å². The fourth-order valence-corrected chi connectivity index (χ4v) is 3.51. The average molecular weight is 409 g/mol. The Hall–Kier alpha value is -3.09. The lowest BCUT2D eigenvalue weighted by Gasteiger charge is -2.22. The van der Waals surface area contributed by atoms with Crippen molar-refractivity contribution in [1.82, 2.24) is 20.9 Å². The normalized spacial score (nSPS) is 15.0. The Morgan fingerprint density at radius 2 is 2.03 bits per heavy atom. The zero-order valence-corrected chi connectivity index (χ0v) is 17.9. The molecule has 0 aliphatic carbocycles. The van der Waals surface area contributed by atoms with Gasteiger partial charge in [-0.25, -0.2) is 0 Å². The highest BCUT2D eigenvalue weighted by Gasteiger charge is 2.14. The second-order valence-electron chi connectivity index (χ2n) is 7.41. The number of amides is 1. The molecule has 1 atom stereocenters. The van der Waals surface area contributed by atoms with Crippen molar-refractivity contribution < 1.29 is 4.79 Å². The SMILES string of the molecule is CCNC(=NCCNC(=O)c1cccnc1)NC(C)c1cccc(N2CCCC2)c1. The number of guanidine groups is 1. The first-order valence-electron chi connectivity index (χ1n) is 10.8. The van der Waals surface area contributed by atoms with E-state index in [4.69, 9.17) is 0 Å². The van der Waals surface area contributed by atoms with E-state index in [0.29, 0.717) is 18.7 Å². The Morgan fingerprint density at radius 1 is 1.20 bits per heavy atom. The van der Waals surface area contributed by atoms with Gasteiger partial charge in [-0.3, -0.25) is 14.8 Å². The first kappa shape index (κ1) is 21.6. The van der Waals surface area contributed by atoms with Crippen LogP contribution in [0.25, 0.3) is 0 Å². The van der Waals surface area contributed by atoms with Crippen LogP contribution >= 0.6 is 0 Å². The highest BCUT2D eigenvalue weighted by molar-refractivity contribution is 5.93. The molecule has 7 nitrogen and oxygen atoms in total. The Kier molecular flexibility index (Phi) is 8.06. The van der Waals surface area contributed by atoms with Crippen LogP contribution in [0, 0.1) is 0 Å². The molecule has 1 aliphatic rings. The number of hydrogen-bond acceptors (Lipinski definition) is 4. The summed E-state index contributed by atoms with van der Waals surface area (Å²) in [5, 5.41) is 9.62. The molecular formula is C23H32N6O. The number of hydrogen-bond donors (Lipinski definition) is 3. The van der Waals surface area contributed by atoms with Gasteiger partial charge in [-0.05, 0) is 56.5 Å². The summed E-state index contributed by atoms with van der Waals surface area (Å²) in [5.41, 5.74) is 3.08. The molecule has 1 fully saturated rings. The van der Waals surface area contributed by atoms with E-state index < -0.39 is 0 Å². The summed E-state index contributed by atoms with van der Waals surface area (Å²) in [4.78, 5) is 23.1. The molecule has 2 aromatic rings. The molecule has 30 heavy (non-hydrogen) atoms. The monoisotopic (exact) mass is 408 g/mol. The van der Waals surface area contributed by atoms with Gasteiger partial charge in [0.05, 0.1) is 18.2 Å². The molecule has 0 saturated carbocycles. The van der Waals surface area contributed by atoms with Gasteiger partial charge >= 0.3 is 0 Å². The van der Waals surface area contributed by atoms with Crippen molar-refractivity contribution in [3.63, 3.8) is 0 Å². The van der Waals surface area contributed by atoms with Crippen molar-refractivity contribution in [3.8, 4) is 0 Å². The molecule has 1 saturated heterocycles. The summed E-state index contributed by atoms with van der Waals surface area (Å²) >= 11 is 0. The van der Waals surface area contributed by atoms with E-state index >= 15 is 0 Å². The largest absolute Gasteiger partial charge is 0.372 e. The summed E-state index contributed by atoms with van der Waals surface area (Å²) in [5.74, 6) is 0.607. The number of pyridine rings is 1. The molecule has 3 rings (SSSR count). The van der Waals surface area contributed by atoms with Crippen LogP contribution in [0.5, 0.6) is 0 Å². The molecule has 7 heteroatoms. The van der Waals surface area contributed by atoms with Gasteiger partial charge < -0.3 is 20.9 Å². The molecular weight excluding hydrogens is 376 g/mol. The lowest BCUT2D eigenvalue weighted by Crippen LogP contribution is -2.39. The number of aliphatic imine (C=N–C) groups is 1. The number of nitrogens with one attached hydrogen (secondary N) is 3. The fourth-order valence-electron chi connectivity index (χ4n) is 3.51. The molecule has 160 valence electrons. The van der Waals surface area contributed by atoms with E-state index in [0.717, 1.165) is 25.6 Å². The lowest BCUT2D eigenvalue weighted by molar-refractivity contribution is 0.0954. The molecule has 1 aliphatic heterocycles. The van der Waals surface area contributed by atoms with E-state index in [1.165, 1.54) is 24.1 Å². The molecule has 2 heterocycles. The number of nitrogens with zero attached hydrogens (tertiary/aromatic N) is 3. The number of benzene rings is 1. The van der Waals surface area contributed by atoms with Crippen LogP contribution in [0.1, 0.15) is 48.7 Å². The highest BCUT2D eigenvalue weighted by atomic mass is 16.1. The predicted octanol–water partition coefficient (Wildman–Crippen LogP) is 2.73. The minimum absolute atomic E-state index is 0.121. The third-order valence-electron chi connectivity index (χ3n) is 5.13. The quantitative estimate of drug-likeness (QED) is 0.355. The first-order chi connectivity index (χ1) is 14.7. The minimum atomic E-state index is -0.136. The zero-order chi connectivity index (χ0) is 21.2. The van der Waals surface area contributed by atoms with E-state index in [-0.39, 0.29) is 11.9 Å². The van der Waals surface area contributed by atoms with Gasteiger partial charge in [-0.15, -0.1) is 0 Å². The number of anilines is 1. The molecule has 0 spiro atoms. The Labute approximate surface area is 179 Å². The number of carbonyl (C=O) groups excluding carboxylic acids is 1. The topological polar surface area (TPSA) is 81.6 Å². The maximum absolute atomic E-state index is 12.1. The summed E-state index contributed by atoms with van der Waals surface area (Å²) < 4.78 is 0. The molecule has 1 aromatic heterocycles. The van der Waals surface area contributed by atoms with Gasteiger partial charge in [0.1, 0.15) is 0 Å². The number of rotatable bonds is 8. The molecule has 1 amide bonds. The number of carbonyl (C=O) groups is 1. The van der Waals surface area contributed by atoms with Crippen molar-refractivity contribution in [1.29, 1.82) is 0 Å². The first-order valence-corrected chi connectivity index (χ1v) is 10.8. The smallest absolute Gasteiger partial charge is 0.252 e. The zero-order valence-electron chi connectivity index (χ0n) is 17.9. The van der Waals surface area contributed by atoms with Crippen LogP contribution in [-0.4, -0.2) is 49.6 Å². The van der Waals surface area contributed by atoms with Gasteiger partial charge in [0.25, 0.3) is 5.91 Å². The Balaban J connectivity index is 1.54. The van der Waals surface area contributed by atoms with E-state index in [2.05, 4.69) is 62.0 Å². The molecule has 0 bridgehead atoms. The fraction of sp³-hybridized carbons (Fsp3) is 0.435. The van der Waals surface area contributed by atoms with Crippen molar-refractivity contribution in [2.45, 2.75) is 32.7 Å². The number of aromatic nitrogens is 1. The van der Waals surface area contributed by atoms with Crippen LogP contribution in [0.15, 0.2) is 53.8 Å². The highest BCUT2D eigenvalue weighted by Crippen LogP contribution is 2.23. The van der Waals surface area contributed by atoms with Crippen molar-refractivity contribution in [2.24, 2.45) is 4.99 Å². The molecule has 0 radical (unpaired) electrons. The molecule has 1 aromatic carbocycles. The summed E-state index contributed by atoms with van der Waals surface area (Å²) in [6.07, 6.45) is 5.75. The van der Waals surface area contributed by atoms with Gasteiger partial charge in [0.15, 0.2) is 5.96 Å². The Morgan fingerprint density at radius 3 is 2.77 bits per heavy atom. The molecule has 3 N–H and O–H groups in total. The lowest BCUT2D eigenvalue weighted by atomic mass is 10.1. The third kappa shape index (κ3) is 6.20.